The zero-order chi connectivity index (χ0) is 18.6. The van der Waals surface area contributed by atoms with Gasteiger partial charge in [-0.25, -0.2) is 15.0 Å². The number of aromatic nitrogens is 3. The molecule has 4 rings (SSSR count). The molecule has 1 aliphatic rings. The number of ether oxygens (including phenoxy) is 1. The summed E-state index contributed by atoms with van der Waals surface area (Å²) in [5.74, 6) is 2.11. The lowest BCUT2D eigenvalue weighted by molar-refractivity contribution is 0.255. The van der Waals surface area contributed by atoms with E-state index in [1.54, 1.807) is 13.2 Å². The van der Waals surface area contributed by atoms with Crippen molar-refractivity contribution in [3.8, 4) is 5.75 Å². The van der Waals surface area contributed by atoms with Crippen molar-refractivity contribution < 1.29 is 4.74 Å². The van der Waals surface area contributed by atoms with Gasteiger partial charge in [0.05, 0.1) is 18.5 Å². The smallest absolute Gasteiger partial charge is 0.166 e. The Kier molecular flexibility index (Phi) is 5.02. The predicted molar refractivity (Wildman–Crippen MR) is 107 cm³/mol. The standard InChI is InChI=1S/C20H24N6O/c1-27-15-6-4-14(5-7-15)17(26-10-2-3-11-26)12-22-19-16-8-9-18(21)25-20(16)24-13-23-19/h4-9,13,17H,2-3,10-12H2,1H3,(H3,21,22,23,24,25). The number of nitrogen functional groups attached to an aromatic ring is 1. The van der Waals surface area contributed by atoms with Gasteiger partial charge in [0.15, 0.2) is 5.65 Å². The van der Waals surface area contributed by atoms with Crippen molar-refractivity contribution in [2.45, 2.75) is 18.9 Å². The number of likely N-dealkylation sites (tertiary alicyclic amines) is 1. The molecule has 3 aromatic rings. The van der Waals surface area contributed by atoms with Gasteiger partial charge in [-0.05, 0) is 55.8 Å². The minimum Gasteiger partial charge on any atom is -0.497 e. The molecule has 1 unspecified atom stereocenters. The molecule has 0 bridgehead atoms. The Morgan fingerprint density at radius 1 is 1.11 bits per heavy atom. The van der Waals surface area contributed by atoms with E-state index in [1.165, 1.54) is 24.7 Å². The van der Waals surface area contributed by atoms with E-state index in [0.29, 0.717) is 11.5 Å². The number of fused-ring (bicyclic) bond motifs is 1. The Hall–Kier alpha value is -2.93. The quantitative estimate of drug-likeness (QED) is 0.695. The Balaban J connectivity index is 1.58. The second-order valence-electron chi connectivity index (χ2n) is 6.74. The van der Waals surface area contributed by atoms with Crippen LogP contribution in [0.25, 0.3) is 11.0 Å². The summed E-state index contributed by atoms with van der Waals surface area (Å²) in [4.78, 5) is 15.4. The lowest BCUT2D eigenvalue weighted by Crippen LogP contribution is -2.31. The normalized spacial score (nSPS) is 15.7. The lowest BCUT2D eigenvalue weighted by Gasteiger charge is -2.28. The van der Waals surface area contributed by atoms with Crippen LogP contribution in [0.3, 0.4) is 0 Å². The molecule has 27 heavy (non-hydrogen) atoms. The predicted octanol–water partition coefficient (Wildman–Crippen LogP) is 2.86. The lowest BCUT2D eigenvalue weighted by atomic mass is 10.1. The van der Waals surface area contributed by atoms with Crippen LogP contribution in [0.4, 0.5) is 11.6 Å². The SMILES string of the molecule is COc1ccc(C(CNc2ncnc3nc(N)ccc23)N2CCCC2)cc1. The molecule has 1 fully saturated rings. The molecule has 7 heteroatoms. The van der Waals surface area contributed by atoms with Crippen molar-refractivity contribution in [1.29, 1.82) is 0 Å². The molecular weight excluding hydrogens is 340 g/mol. The van der Waals surface area contributed by atoms with Gasteiger partial charge in [0.1, 0.15) is 23.7 Å². The first-order chi connectivity index (χ1) is 13.2. The van der Waals surface area contributed by atoms with Gasteiger partial charge >= 0.3 is 0 Å². The minimum absolute atomic E-state index is 0.269. The monoisotopic (exact) mass is 364 g/mol. The summed E-state index contributed by atoms with van der Waals surface area (Å²) in [7, 11) is 1.69. The van der Waals surface area contributed by atoms with Crippen LogP contribution in [0.15, 0.2) is 42.7 Å². The van der Waals surface area contributed by atoms with E-state index in [2.05, 4.69) is 37.3 Å². The summed E-state index contributed by atoms with van der Waals surface area (Å²) in [6.07, 6.45) is 4.01. The fraction of sp³-hybridized carbons (Fsp3) is 0.350. The molecular formula is C20H24N6O. The summed E-state index contributed by atoms with van der Waals surface area (Å²) >= 11 is 0. The van der Waals surface area contributed by atoms with Crippen molar-refractivity contribution in [2.24, 2.45) is 0 Å². The van der Waals surface area contributed by atoms with Crippen LogP contribution in [0.1, 0.15) is 24.4 Å². The molecule has 3 heterocycles. The van der Waals surface area contributed by atoms with Gasteiger partial charge in [-0.1, -0.05) is 12.1 Å². The van der Waals surface area contributed by atoms with Gasteiger partial charge in [0.25, 0.3) is 0 Å². The first kappa shape index (κ1) is 17.5. The maximum atomic E-state index is 5.77. The van der Waals surface area contributed by atoms with Crippen LogP contribution in [-0.4, -0.2) is 46.6 Å². The number of hydrogen-bond donors (Lipinski definition) is 2. The largest absolute Gasteiger partial charge is 0.497 e. The summed E-state index contributed by atoms with van der Waals surface area (Å²) in [5, 5.41) is 4.38. The van der Waals surface area contributed by atoms with Crippen LogP contribution >= 0.6 is 0 Å². The Morgan fingerprint density at radius 2 is 1.89 bits per heavy atom. The highest BCUT2D eigenvalue weighted by Gasteiger charge is 2.23. The number of hydrogen-bond acceptors (Lipinski definition) is 7. The molecule has 140 valence electrons. The number of rotatable bonds is 6. The minimum atomic E-state index is 0.269. The van der Waals surface area contributed by atoms with E-state index < -0.39 is 0 Å². The highest BCUT2D eigenvalue weighted by molar-refractivity contribution is 5.87. The first-order valence-electron chi connectivity index (χ1n) is 9.24. The number of pyridine rings is 1. The van der Waals surface area contributed by atoms with E-state index in [1.807, 2.05) is 18.2 Å². The molecule has 1 atom stereocenters. The zero-order valence-corrected chi connectivity index (χ0v) is 15.4. The second kappa shape index (κ2) is 7.75. The molecule has 1 aromatic carbocycles. The first-order valence-corrected chi connectivity index (χ1v) is 9.24. The molecule has 0 saturated carbocycles. The molecule has 0 aliphatic carbocycles. The molecule has 0 amide bonds. The van der Waals surface area contributed by atoms with Gasteiger partial charge in [-0.3, -0.25) is 4.90 Å². The fourth-order valence-electron chi connectivity index (χ4n) is 3.63. The molecule has 3 N–H and O–H groups in total. The van der Waals surface area contributed by atoms with Crippen molar-refractivity contribution in [1.82, 2.24) is 19.9 Å². The maximum absolute atomic E-state index is 5.77. The van der Waals surface area contributed by atoms with Crippen LogP contribution in [0, 0.1) is 0 Å². The summed E-state index contributed by atoms with van der Waals surface area (Å²) in [6, 6.07) is 12.3. The number of anilines is 2. The van der Waals surface area contributed by atoms with Crippen molar-refractivity contribution in [2.75, 3.05) is 37.8 Å². The average Bonchev–Trinajstić information content (AvgIpc) is 3.23. The summed E-state index contributed by atoms with van der Waals surface area (Å²) in [5.41, 5.74) is 7.65. The van der Waals surface area contributed by atoms with Crippen LogP contribution in [-0.2, 0) is 0 Å². The maximum Gasteiger partial charge on any atom is 0.166 e. The molecule has 1 aliphatic heterocycles. The third-order valence-electron chi connectivity index (χ3n) is 5.06. The number of methoxy groups -OCH3 is 1. The molecule has 1 saturated heterocycles. The van der Waals surface area contributed by atoms with E-state index in [-0.39, 0.29) is 6.04 Å². The molecule has 0 radical (unpaired) electrons. The van der Waals surface area contributed by atoms with E-state index >= 15 is 0 Å². The average molecular weight is 364 g/mol. The van der Waals surface area contributed by atoms with E-state index in [4.69, 9.17) is 10.5 Å². The third-order valence-corrected chi connectivity index (χ3v) is 5.06. The van der Waals surface area contributed by atoms with Crippen LogP contribution in [0.5, 0.6) is 5.75 Å². The number of nitrogens with one attached hydrogen (secondary N) is 1. The molecule has 7 nitrogen and oxygen atoms in total. The van der Waals surface area contributed by atoms with Crippen molar-refractivity contribution >= 4 is 22.7 Å². The molecule has 0 spiro atoms. The van der Waals surface area contributed by atoms with E-state index in [0.717, 1.165) is 36.6 Å². The van der Waals surface area contributed by atoms with Gasteiger partial charge in [0.2, 0.25) is 0 Å². The highest BCUT2D eigenvalue weighted by Crippen LogP contribution is 2.28. The van der Waals surface area contributed by atoms with Crippen molar-refractivity contribution in [3.05, 3.63) is 48.3 Å². The summed E-state index contributed by atoms with van der Waals surface area (Å²) < 4.78 is 5.30. The summed E-state index contributed by atoms with van der Waals surface area (Å²) in [6.45, 7) is 2.98. The highest BCUT2D eigenvalue weighted by atomic mass is 16.5. The van der Waals surface area contributed by atoms with Gasteiger partial charge < -0.3 is 15.8 Å². The third kappa shape index (κ3) is 3.78. The zero-order valence-electron chi connectivity index (χ0n) is 15.4. The fourth-order valence-corrected chi connectivity index (χ4v) is 3.63. The number of nitrogens with zero attached hydrogens (tertiary/aromatic N) is 4. The second-order valence-corrected chi connectivity index (χ2v) is 6.74. The number of benzene rings is 1. The molecule has 2 aromatic heterocycles. The van der Waals surface area contributed by atoms with Gasteiger partial charge in [-0.2, -0.15) is 0 Å². The van der Waals surface area contributed by atoms with Crippen molar-refractivity contribution in [3.63, 3.8) is 0 Å². The topological polar surface area (TPSA) is 89.2 Å². The van der Waals surface area contributed by atoms with E-state index in [9.17, 15) is 0 Å². The Labute approximate surface area is 158 Å². The Bertz CT molecular complexity index is 908. The van der Waals surface area contributed by atoms with Gasteiger partial charge in [0, 0.05) is 6.54 Å². The number of nitrogens with two attached hydrogens (primary N) is 1. The van der Waals surface area contributed by atoms with Crippen LogP contribution < -0.4 is 15.8 Å². The Morgan fingerprint density at radius 3 is 2.63 bits per heavy atom. The van der Waals surface area contributed by atoms with Gasteiger partial charge in [-0.15, -0.1) is 0 Å². The van der Waals surface area contributed by atoms with Crippen LogP contribution in [0.2, 0.25) is 0 Å².